The molecule has 0 atom stereocenters. The van der Waals surface area contributed by atoms with Gasteiger partial charge in [0.15, 0.2) is 0 Å². The second-order valence-corrected chi connectivity index (χ2v) is 9.30. The molecule has 0 unspecified atom stereocenters. The predicted octanol–water partition coefficient (Wildman–Crippen LogP) is 5.30. The molecule has 0 amide bonds. The Hall–Kier alpha value is -2.44. The minimum Gasteiger partial charge on any atom is -0.280 e. The first kappa shape index (κ1) is 20.8. The summed E-state index contributed by atoms with van der Waals surface area (Å²) in [7, 11) is 1.56. The molecule has 0 aliphatic rings. The van der Waals surface area contributed by atoms with Crippen molar-refractivity contribution in [1.29, 1.82) is 0 Å². The number of aryl methyl sites for hydroxylation is 3. The number of hydrogen-bond acceptors (Lipinski definition) is 3. The van der Waals surface area contributed by atoms with Gasteiger partial charge >= 0.3 is 5.69 Å². The van der Waals surface area contributed by atoms with Crippen LogP contribution in [0.1, 0.15) is 27.8 Å². The number of rotatable bonds is 4. The Bertz CT molecular complexity index is 1380. The average molecular weight is 483 g/mol. The van der Waals surface area contributed by atoms with Crippen LogP contribution >= 0.6 is 27.3 Å². The van der Waals surface area contributed by atoms with E-state index in [0.29, 0.717) is 17.3 Å². The van der Waals surface area contributed by atoms with Crippen molar-refractivity contribution in [1.82, 2.24) is 9.13 Å². The molecule has 0 N–H and O–H groups in total. The maximum atomic E-state index is 13.1. The van der Waals surface area contributed by atoms with Crippen LogP contribution in [0, 0.1) is 20.8 Å². The Balaban J connectivity index is 2.00. The SMILES string of the molecule is Cc1ccc(-c2sc3c(c2CBr)c(=O)n(C)c(=O)n3Cc2ccc(C)c(C)c2)cc1. The zero-order valence-electron chi connectivity index (χ0n) is 17.5. The van der Waals surface area contributed by atoms with E-state index in [1.165, 1.54) is 32.6 Å². The lowest BCUT2D eigenvalue weighted by Gasteiger charge is -2.11. The van der Waals surface area contributed by atoms with Gasteiger partial charge in [0.1, 0.15) is 4.83 Å². The highest BCUT2D eigenvalue weighted by Gasteiger charge is 2.21. The van der Waals surface area contributed by atoms with Gasteiger partial charge in [-0.2, -0.15) is 0 Å². The quantitative estimate of drug-likeness (QED) is 0.370. The summed E-state index contributed by atoms with van der Waals surface area (Å²) in [5.41, 5.74) is 6.11. The van der Waals surface area contributed by atoms with Gasteiger partial charge < -0.3 is 0 Å². The zero-order chi connectivity index (χ0) is 21.6. The van der Waals surface area contributed by atoms with Gasteiger partial charge in [0, 0.05) is 17.3 Å². The summed E-state index contributed by atoms with van der Waals surface area (Å²) in [6.45, 7) is 6.63. The molecule has 2 aromatic heterocycles. The number of benzene rings is 2. The number of halogens is 1. The van der Waals surface area contributed by atoms with Gasteiger partial charge in [0.2, 0.25) is 0 Å². The summed E-state index contributed by atoms with van der Waals surface area (Å²) in [6.07, 6.45) is 0. The predicted molar refractivity (Wildman–Crippen MR) is 129 cm³/mol. The van der Waals surface area contributed by atoms with Gasteiger partial charge in [-0.05, 0) is 48.6 Å². The Kier molecular flexibility index (Phi) is 5.55. The van der Waals surface area contributed by atoms with Crippen molar-refractivity contribution in [2.24, 2.45) is 7.05 Å². The molecule has 0 aliphatic heterocycles. The highest BCUT2D eigenvalue weighted by Crippen LogP contribution is 2.38. The van der Waals surface area contributed by atoms with Crippen LogP contribution in [-0.4, -0.2) is 9.13 Å². The van der Waals surface area contributed by atoms with Crippen molar-refractivity contribution < 1.29 is 0 Å². The first-order valence-electron chi connectivity index (χ1n) is 9.76. The van der Waals surface area contributed by atoms with Crippen molar-refractivity contribution in [3.05, 3.63) is 91.1 Å². The van der Waals surface area contributed by atoms with Crippen molar-refractivity contribution in [2.45, 2.75) is 32.6 Å². The number of hydrogen-bond donors (Lipinski definition) is 0. The maximum absolute atomic E-state index is 13.1. The van der Waals surface area contributed by atoms with E-state index in [-0.39, 0.29) is 11.2 Å². The Morgan fingerprint density at radius 3 is 2.30 bits per heavy atom. The van der Waals surface area contributed by atoms with E-state index in [9.17, 15) is 9.59 Å². The van der Waals surface area contributed by atoms with E-state index in [1.54, 1.807) is 11.6 Å². The standard InChI is InChI=1S/C24H23BrN2O2S/c1-14-5-9-18(10-6-14)21-19(12-25)20-22(28)26(4)24(29)27(23(20)30-21)13-17-8-7-15(2)16(3)11-17/h5-11H,12-13H2,1-4H3. The van der Waals surface area contributed by atoms with Crippen molar-refractivity contribution in [2.75, 3.05) is 0 Å². The van der Waals surface area contributed by atoms with Gasteiger partial charge in [-0.25, -0.2) is 4.79 Å². The van der Waals surface area contributed by atoms with Gasteiger partial charge in [0.05, 0.1) is 11.9 Å². The third kappa shape index (κ3) is 3.48. The number of nitrogens with zero attached hydrogens (tertiary/aromatic N) is 2. The second-order valence-electron chi connectivity index (χ2n) is 7.74. The van der Waals surface area contributed by atoms with Gasteiger partial charge in [0.25, 0.3) is 5.56 Å². The lowest BCUT2D eigenvalue weighted by atomic mass is 10.1. The average Bonchev–Trinajstić information content (AvgIpc) is 3.12. The number of aromatic nitrogens is 2. The monoisotopic (exact) mass is 482 g/mol. The highest BCUT2D eigenvalue weighted by atomic mass is 79.9. The molecule has 4 nitrogen and oxygen atoms in total. The smallest absolute Gasteiger partial charge is 0.280 e. The molecule has 2 aromatic carbocycles. The van der Waals surface area contributed by atoms with Crippen LogP contribution in [-0.2, 0) is 18.9 Å². The normalized spacial score (nSPS) is 11.4. The van der Waals surface area contributed by atoms with Crippen LogP contribution in [0.4, 0.5) is 0 Å². The molecule has 0 saturated carbocycles. The fourth-order valence-corrected chi connectivity index (χ4v) is 5.73. The lowest BCUT2D eigenvalue weighted by Crippen LogP contribution is -2.38. The van der Waals surface area contributed by atoms with Gasteiger partial charge in [-0.3, -0.25) is 13.9 Å². The lowest BCUT2D eigenvalue weighted by molar-refractivity contribution is 0.677. The third-order valence-electron chi connectivity index (χ3n) is 5.63. The van der Waals surface area contributed by atoms with E-state index in [0.717, 1.165) is 26.4 Å². The Morgan fingerprint density at radius 1 is 0.967 bits per heavy atom. The molecular formula is C24H23BrN2O2S. The summed E-state index contributed by atoms with van der Waals surface area (Å²) in [6, 6.07) is 14.5. The van der Waals surface area contributed by atoms with Gasteiger partial charge in [-0.1, -0.05) is 64.0 Å². The molecule has 154 valence electrons. The molecule has 0 bridgehead atoms. The first-order chi connectivity index (χ1) is 14.3. The van der Waals surface area contributed by atoms with Gasteiger partial charge in [-0.15, -0.1) is 11.3 Å². The molecule has 0 radical (unpaired) electrons. The van der Waals surface area contributed by atoms with E-state index in [2.05, 4.69) is 73.1 Å². The highest BCUT2D eigenvalue weighted by molar-refractivity contribution is 9.08. The van der Waals surface area contributed by atoms with Crippen molar-refractivity contribution >= 4 is 37.5 Å². The van der Waals surface area contributed by atoms with Crippen LogP contribution in [0.25, 0.3) is 20.7 Å². The molecule has 6 heteroatoms. The Labute approximate surface area is 187 Å². The molecule has 4 aromatic rings. The van der Waals surface area contributed by atoms with Crippen LogP contribution in [0.15, 0.2) is 52.1 Å². The van der Waals surface area contributed by atoms with E-state index >= 15 is 0 Å². The van der Waals surface area contributed by atoms with Crippen molar-refractivity contribution in [3.8, 4) is 10.4 Å². The third-order valence-corrected chi connectivity index (χ3v) is 7.49. The summed E-state index contributed by atoms with van der Waals surface area (Å²) in [5, 5.41) is 1.17. The molecule has 2 heterocycles. The molecule has 0 spiro atoms. The summed E-state index contributed by atoms with van der Waals surface area (Å²) >= 11 is 5.10. The number of fused-ring (bicyclic) bond motifs is 1. The van der Waals surface area contributed by atoms with E-state index < -0.39 is 0 Å². The molecule has 0 aliphatic carbocycles. The molecule has 0 saturated heterocycles. The zero-order valence-corrected chi connectivity index (χ0v) is 19.9. The molecular weight excluding hydrogens is 460 g/mol. The molecule has 0 fully saturated rings. The van der Waals surface area contributed by atoms with Crippen molar-refractivity contribution in [3.63, 3.8) is 0 Å². The first-order valence-corrected chi connectivity index (χ1v) is 11.7. The van der Waals surface area contributed by atoms with E-state index in [1.807, 2.05) is 6.07 Å². The van der Waals surface area contributed by atoms with Crippen LogP contribution in [0.3, 0.4) is 0 Å². The summed E-state index contributed by atoms with van der Waals surface area (Å²) in [5.74, 6) is 0. The van der Waals surface area contributed by atoms with Crippen LogP contribution in [0.5, 0.6) is 0 Å². The second kappa shape index (κ2) is 8.00. The van der Waals surface area contributed by atoms with Crippen LogP contribution in [0.2, 0.25) is 0 Å². The fraction of sp³-hybridized carbons (Fsp3) is 0.250. The Morgan fingerprint density at radius 2 is 1.67 bits per heavy atom. The molecule has 30 heavy (non-hydrogen) atoms. The molecule has 4 rings (SSSR count). The van der Waals surface area contributed by atoms with Crippen LogP contribution < -0.4 is 11.2 Å². The maximum Gasteiger partial charge on any atom is 0.332 e. The summed E-state index contributed by atoms with van der Waals surface area (Å²) in [4.78, 5) is 27.9. The topological polar surface area (TPSA) is 44.0 Å². The van der Waals surface area contributed by atoms with E-state index in [4.69, 9.17) is 0 Å². The number of alkyl halides is 1. The fourth-order valence-electron chi connectivity index (χ4n) is 3.67. The minimum absolute atomic E-state index is 0.240. The summed E-state index contributed by atoms with van der Waals surface area (Å²) < 4.78 is 2.95. The number of thiophene rings is 1. The largest absolute Gasteiger partial charge is 0.332 e. The minimum atomic E-state index is -0.288.